The van der Waals surface area contributed by atoms with Gasteiger partial charge in [0.1, 0.15) is 18.1 Å². The van der Waals surface area contributed by atoms with Gasteiger partial charge < -0.3 is 25.1 Å². The molecule has 7 nitrogen and oxygen atoms in total. The molecular weight excluding hydrogens is 447 g/mol. The number of amides is 1. The summed E-state index contributed by atoms with van der Waals surface area (Å²) in [6.45, 7) is 3.59. The van der Waals surface area contributed by atoms with Crippen LogP contribution in [0.3, 0.4) is 0 Å². The zero-order valence-corrected chi connectivity index (χ0v) is 17.3. The fourth-order valence-electron chi connectivity index (χ4n) is 2.02. The predicted molar refractivity (Wildman–Crippen MR) is 112 cm³/mol. The molecule has 0 saturated carbocycles. The van der Waals surface area contributed by atoms with E-state index in [9.17, 15) is 4.79 Å². The van der Waals surface area contributed by atoms with Gasteiger partial charge >= 0.3 is 0 Å². The number of ether oxygens (including phenoxy) is 1. The Kier molecular flexibility index (Phi) is 10.2. The van der Waals surface area contributed by atoms with Crippen molar-refractivity contribution < 1.29 is 13.9 Å². The van der Waals surface area contributed by atoms with E-state index in [1.54, 1.807) is 19.4 Å². The van der Waals surface area contributed by atoms with Crippen LogP contribution in [0.2, 0.25) is 0 Å². The number of halogens is 1. The van der Waals surface area contributed by atoms with E-state index < -0.39 is 0 Å². The maximum Gasteiger partial charge on any atom is 0.239 e. The summed E-state index contributed by atoms with van der Waals surface area (Å²) < 4.78 is 10.8. The predicted octanol–water partition coefficient (Wildman–Crippen LogP) is 2.07. The maximum atomic E-state index is 11.8. The number of aryl methyl sites for hydroxylation is 1. The molecule has 0 aliphatic heterocycles. The lowest BCUT2D eigenvalue weighted by Crippen LogP contribution is -2.44. The Bertz CT molecular complexity index is 672. The third kappa shape index (κ3) is 8.24. The Labute approximate surface area is 170 Å². The van der Waals surface area contributed by atoms with Gasteiger partial charge in [0.25, 0.3) is 0 Å². The normalized spacial score (nSPS) is 10.6. The van der Waals surface area contributed by atoms with Gasteiger partial charge in [0, 0.05) is 7.05 Å². The van der Waals surface area contributed by atoms with Gasteiger partial charge in [-0.1, -0.05) is 17.7 Å². The van der Waals surface area contributed by atoms with Crippen molar-refractivity contribution in [2.75, 3.05) is 26.7 Å². The van der Waals surface area contributed by atoms with Crippen LogP contribution >= 0.6 is 24.0 Å². The largest absolute Gasteiger partial charge is 0.492 e. The molecule has 1 aromatic heterocycles. The van der Waals surface area contributed by atoms with Crippen LogP contribution in [0.15, 0.2) is 52.1 Å². The van der Waals surface area contributed by atoms with Gasteiger partial charge in [-0.05, 0) is 31.2 Å². The van der Waals surface area contributed by atoms with Crippen molar-refractivity contribution in [1.29, 1.82) is 0 Å². The molecule has 1 heterocycles. The van der Waals surface area contributed by atoms with Crippen LogP contribution in [-0.4, -0.2) is 38.6 Å². The van der Waals surface area contributed by atoms with E-state index in [1.807, 2.05) is 37.3 Å². The van der Waals surface area contributed by atoms with Crippen molar-refractivity contribution in [3.05, 3.63) is 54.0 Å². The van der Waals surface area contributed by atoms with Crippen LogP contribution < -0.4 is 20.7 Å². The average molecular weight is 472 g/mol. The van der Waals surface area contributed by atoms with Crippen LogP contribution in [0.1, 0.15) is 11.3 Å². The number of rotatable bonds is 8. The van der Waals surface area contributed by atoms with E-state index in [0.29, 0.717) is 31.4 Å². The number of hydrogen-bond donors (Lipinski definition) is 3. The van der Waals surface area contributed by atoms with E-state index in [4.69, 9.17) is 9.15 Å². The van der Waals surface area contributed by atoms with E-state index in [1.165, 1.54) is 5.56 Å². The molecule has 2 aromatic rings. The molecule has 142 valence electrons. The van der Waals surface area contributed by atoms with Crippen LogP contribution in [0, 0.1) is 6.92 Å². The zero-order valence-electron chi connectivity index (χ0n) is 15.0. The third-order valence-corrected chi connectivity index (χ3v) is 3.36. The minimum atomic E-state index is -0.143. The van der Waals surface area contributed by atoms with Crippen molar-refractivity contribution in [3.63, 3.8) is 0 Å². The van der Waals surface area contributed by atoms with E-state index >= 15 is 0 Å². The van der Waals surface area contributed by atoms with Gasteiger partial charge in [-0.15, -0.1) is 24.0 Å². The number of nitrogens with one attached hydrogen (secondary N) is 3. The molecule has 0 saturated heterocycles. The van der Waals surface area contributed by atoms with Crippen molar-refractivity contribution in [3.8, 4) is 5.75 Å². The molecule has 0 aliphatic carbocycles. The number of aliphatic imine (C=N–C) groups is 1. The Morgan fingerprint density at radius 2 is 1.92 bits per heavy atom. The summed E-state index contributed by atoms with van der Waals surface area (Å²) in [4.78, 5) is 15.8. The number of carbonyl (C=O) groups is 1. The third-order valence-electron chi connectivity index (χ3n) is 3.36. The smallest absolute Gasteiger partial charge is 0.239 e. The summed E-state index contributed by atoms with van der Waals surface area (Å²) in [7, 11) is 1.65. The summed E-state index contributed by atoms with van der Waals surface area (Å²) in [6, 6.07) is 11.5. The molecule has 26 heavy (non-hydrogen) atoms. The second-order valence-corrected chi connectivity index (χ2v) is 5.37. The highest BCUT2D eigenvalue weighted by molar-refractivity contribution is 14.0. The molecule has 0 aliphatic rings. The summed E-state index contributed by atoms with van der Waals surface area (Å²) >= 11 is 0. The minimum Gasteiger partial charge on any atom is -0.492 e. The first-order valence-corrected chi connectivity index (χ1v) is 8.10. The molecule has 8 heteroatoms. The SMILES string of the molecule is CN=C(NCCOc1ccc(C)cc1)NCC(=O)NCc1ccco1.I. The number of guanidine groups is 1. The first-order valence-electron chi connectivity index (χ1n) is 8.10. The molecule has 3 N–H and O–H groups in total. The fourth-order valence-corrected chi connectivity index (χ4v) is 2.02. The topological polar surface area (TPSA) is 87.9 Å². The molecular formula is C18H25IN4O3. The van der Waals surface area contributed by atoms with Crippen molar-refractivity contribution in [1.82, 2.24) is 16.0 Å². The minimum absolute atomic E-state index is 0. The monoisotopic (exact) mass is 472 g/mol. The number of carbonyl (C=O) groups excluding carboxylic acids is 1. The molecule has 0 unspecified atom stereocenters. The zero-order chi connectivity index (χ0) is 17.9. The highest BCUT2D eigenvalue weighted by Gasteiger charge is 2.04. The second-order valence-electron chi connectivity index (χ2n) is 5.37. The molecule has 0 bridgehead atoms. The first kappa shape index (κ1) is 21.8. The van der Waals surface area contributed by atoms with Crippen LogP contribution in [0.25, 0.3) is 0 Å². The van der Waals surface area contributed by atoms with Gasteiger partial charge in [-0.2, -0.15) is 0 Å². The standard InChI is InChI=1S/C18H24N4O3.HI/c1-14-5-7-15(8-6-14)25-11-9-20-18(19-2)22-13-17(23)21-12-16-4-3-10-24-16;/h3-8,10H,9,11-13H2,1-2H3,(H,21,23)(H2,19,20,22);1H. The lowest BCUT2D eigenvalue weighted by atomic mass is 10.2. The molecule has 2 rings (SSSR count). The molecule has 0 radical (unpaired) electrons. The maximum absolute atomic E-state index is 11.8. The molecule has 0 fully saturated rings. The van der Waals surface area contributed by atoms with Gasteiger partial charge in [0.15, 0.2) is 5.96 Å². The lowest BCUT2D eigenvalue weighted by Gasteiger charge is -2.12. The lowest BCUT2D eigenvalue weighted by molar-refractivity contribution is -0.120. The van der Waals surface area contributed by atoms with Gasteiger partial charge in [0.2, 0.25) is 5.91 Å². The Morgan fingerprint density at radius 3 is 2.58 bits per heavy atom. The highest BCUT2D eigenvalue weighted by atomic mass is 127. The van der Waals surface area contributed by atoms with Crippen molar-refractivity contribution in [2.45, 2.75) is 13.5 Å². The van der Waals surface area contributed by atoms with Crippen LogP contribution in [0.5, 0.6) is 5.75 Å². The average Bonchev–Trinajstić information content (AvgIpc) is 3.14. The molecule has 0 atom stereocenters. The highest BCUT2D eigenvalue weighted by Crippen LogP contribution is 2.10. The Morgan fingerprint density at radius 1 is 1.15 bits per heavy atom. The molecule has 1 aromatic carbocycles. The summed E-state index contributed by atoms with van der Waals surface area (Å²) in [5, 5.41) is 8.79. The van der Waals surface area contributed by atoms with E-state index in [2.05, 4.69) is 20.9 Å². The van der Waals surface area contributed by atoms with E-state index in [-0.39, 0.29) is 36.4 Å². The number of benzene rings is 1. The molecule has 0 spiro atoms. The number of nitrogens with zero attached hydrogens (tertiary/aromatic N) is 1. The van der Waals surface area contributed by atoms with Gasteiger partial charge in [-0.3, -0.25) is 9.79 Å². The first-order chi connectivity index (χ1) is 12.2. The van der Waals surface area contributed by atoms with Gasteiger partial charge in [-0.25, -0.2) is 0 Å². The number of hydrogen-bond acceptors (Lipinski definition) is 4. The van der Waals surface area contributed by atoms with Gasteiger partial charge in [0.05, 0.1) is 25.9 Å². The summed E-state index contributed by atoms with van der Waals surface area (Å²) in [5.74, 6) is 1.94. The van der Waals surface area contributed by atoms with Crippen LogP contribution in [0.4, 0.5) is 0 Å². The quantitative estimate of drug-likeness (QED) is 0.237. The fraction of sp³-hybridized carbons (Fsp3) is 0.333. The molecule has 1 amide bonds. The van der Waals surface area contributed by atoms with Crippen molar-refractivity contribution >= 4 is 35.8 Å². The summed E-state index contributed by atoms with van der Waals surface area (Å²) in [5.41, 5.74) is 1.19. The summed E-state index contributed by atoms with van der Waals surface area (Å²) in [6.07, 6.45) is 1.57. The van der Waals surface area contributed by atoms with E-state index in [0.717, 1.165) is 5.75 Å². The van der Waals surface area contributed by atoms with Crippen LogP contribution in [-0.2, 0) is 11.3 Å². The second kappa shape index (κ2) is 12.2. The Balaban J connectivity index is 0.00000338. The Hall–Kier alpha value is -2.23. The number of furan rings is 1. The van der Waals surface area contributed by atoms with Crippen molar-refractivity contribution in [2.24, 2.45) is 4.99 Å².